The van der Waals surface area contributed by atoms with Crippen molar-refractivity contribution in [1.82, 2.24) is 4.90 Å². The van der Waals surface area contributed by atoms with Crippen LogP contribution < -0.4 is 0 Å². The van der Waals surface area contributed by atoms with Crippen molar-refractivity contribution in [3.05, 3.63) is 34.9 Å². The number of hydrogen-bond acceptors (Lipinski definition) is 4. The average molecular weight is 403 g/mol. The molecule has 0 saturated carbocycles. The summed E-state index contributed by atoms with van der Waals surface area (Å²) in [5, 5.41) is 7.12. The summed E-state index contributed by atoms with van der Waals surface area (Å²) in [5.41, 5.74) is 4.32. The van der Waals surface area contributed by atoms with E-state index in [2.05, 4.69) is 36.9 Å². The number of nitrogens with zero attached hydrogens (tertiary/aromatic N) is 1. The van der Waals surface area contributed by atoms with Gasteiger partial charge in [-0.25, -0.2) is 4.79 Å². The molecule has 1 spiro atoms. The number of alkyl halides is 3. The third kappa shape index (κ3) is 5.68. The van der Waals surface area contributed by atoms with Crippen molar-refractivity contribution in [2.75, 3.05) is 33.4 Å². The number of rotatable bonds is 5. The number of carbonyl (C=O) groups is 1. The maximum atomic E-state index is 10.6. The summed E-state index contributed by atoms with van der Waals surface area (Å²) >= 11 is 0. The number of carboxylic acids is 1. The smallest absolute Gasteiger partial charge is 0.475 e. The van der Waals surface area contributed by atoms with Gasteiger partial charge in [-0.3, -0.25) is 4.90 Å². The van der Waals surface area contributed by atoms with E-state index in [1.165, 1.54) is 23.1 Å². The van der Waals surface area contributed by atoms with Crippen LogP contribution in [-0.2, 0) is 20.8 Å². The fourth-order valence-electron chi connectivity index (χ4n) is 3.84. The zero-order chi connectivity index (χ0) is 20.9. The molecule has 3 rings (SSSR count). The fraction of sp³-hybridized carbons (Fsp3) is 0.650. The highest BCUT2D eigenvalue weighted by Gasteiger charge is 2.52. The SMILES string of the molecule is COCCC1CCOC12CN(Cc1cc(C)ccc1C)C2.O=C(O)C(F)(F)F. The summed E-state index contributed by atoms with van der Waals surface area (Å²) in [6.07, 6.45) is -2.76. The fourth-order valence-corrected chi connectivity index (χ4v) is 3.84. The Morgan fingerprint density at radius 2 is 2.00 bits per heavy atom. The molecule has 8 heteroatoms. The first-order valence-corrected chi connectivity index (χ1v) is 9.29. The van der Waals surface area contributed by atoms with E-state index in [1.807, 2.05) is 0 Å². The van der Waals surface area contributed by atoms with Crippen LogP contribution in [0.25, 0.3) is 0 Å². The molecule has 2 aliphatic rings. The van der Waals surface area contributed by atoms with Crippen LogP contribution in [0, 0.1) is 19.8 Å². The minimum absolute atomic E-state index is 0.121. The lowest BCUT2D eigenvalue weighted by molar-refractivity contribution is -0.192. The molecule has 5 nitrogen and oxygen atoms in total. The van der Waals surface area contributed by atoms with Gasteiger partial charge in [-0.15, -0.1) is 0 Å². The number of likely N-dealkylation sites (tertiary alicyclic amines) is 1. The topological polar surface area (TPSA) is 59.0 Å². The number of hydrogen-bond donors (Lipinski definition) is 1. The predicted octanol–water partition coefficient (Wildman–Crippen LogP) is 3.56. The highest BCUT2D eigenvalue weighted by molar-refractivity contribution is 5.73. The summed E-state index contributed by atoms with van der Waals surface area (Å²) in [7, 11) is 1.79. The molecular formula is C20H28F3NO4. The number of ether oxygens (including phenoxy) is 2. The molecular weight excluding hydrogens is 375 g/mol. The molecule has 1 aromatic carbocycles. The van der Waals surface area contributed by atoms with Crippen LogP contribution in [-0.4, -0.2) is 61.2 Å². The molecule has 1 unspecified atom stereocenters. The van der Waals surface area contributed by atoms with Gasteiger partial charge < -0.3 is 14.6 Å². The second-order valence-corrected chi connectivity index (χ2v) is 7.56. The van der Waals surface area contributed by atoms with Crippen molar-refractivity contribution in [1.29, 1.82) is 0 Å². The third-order valence-electron chi connectivity index (χ3n) is 5.39. The molecule has 2 aliphatic heterocycles. The molecule has 0 aromatic heterocycles. The minimum atomic E-state index is -5.08. The number of carboxylic acid groups (broad SMARTS) is 1. The maximum Gasteiger partial charge on any atom is 0.490 e. The second-order valence-electron chi connectivity index (χ2n) is 7.56. The van der Waals surface area contributed by atoms with Crippen molar-refractivity contribution in [3.8, 4) is 0 Å². The van der Waals surface area contributed by atoms with Crippen LogP contribution in [0.3, 0.4) is 0 Å². The molecule has 158 valence electrons. The van der Waals surface area contributed by atoms with Crippen molar-refractivity contribution >= 4 is 5.97 Å². The molecule has 28 heavy (non-hydrogen) atoms. The van der Waals surface area contributed by atoms with Crippen LogP contribution in [0.4, 0.5) is 13.2 Å². The lowest BCUT2D eigenvalue weighted by Crippen LogP contribution is -2.64. The zero-order valence-corrected chi connectivity index (χ0v) is 16.5. The monoisotopic (exact) mass is 403 g/mol. The molecule has 2 fully saturated rings. The van der Waals surface area contributed by atoms with Crippen molar-refractivity contribution in [3.63, 3.8) is 0 Å². The van der Waals surface area contributed by atoms with Gasteiger partial charge in [0.25, 0.3) is 0 Å². The van der Waals surface area contributed by atoms with Crippen LogP contribution >= 0.6 is 0 Å². The standard InChI is InChI=1S/C18H27NO2.C2HF3O2/c1-14-4-5-15(2)16(10-14)11-19-12-18(13-19)17(6-8-20-3)7-9-21-18;3-2(4,5)1(6)7/h4-5,10,17H,6-9,11-13H2,1-3H3;(H,6,7). The highest BCUT2D eigenvalue weighted by Crippen LogP contribution is 2.42. The summed E-state index contributed by atoms with van der Waals surface area (Å²) in [4.78, 5) is 11.4. The van der Waals surface area contributed by atoms with Gasteiger partial charge >= 0.3 is 12.1 Å². The molecule has 2 heterocycles. The Balaban J connectivity index is 0.000000345. The number of aryl methyl sites for hydroxylation is 2. The van der Waals surface area contributed by atoms with Crippen molar-refractivity contribution in [2.24, 2.45) is 5.92 Å². The number of halogens is 3. The summed E-state index contributed by atoms with van der Waals surface area (Å²) in [6, 6.07) is 6.74. The molecule has 0 amide bonds. The summed E-state index contributed by atoms with van der Waals surface area (Å²) in [5.74, 6) is -2.08. The van der Waals surface area contributed by atoms with Gasteiger partial charge in [0.15, 0.2) is 0 Å². The van der Waals surface area contributed by atoms with E-state index < -0.39 is 12.1 Å². The predicted molar refractivity (Wildman–Crippen MR) is 98.2 cm³/mol. The Labute approximate surface area is 163 Å². The Bertz CT molecular complexity index is 672. The van der Waals surface area contributed by atoms with Gasteiger partial charge in [-0.1, -0.05) is 23.8 Å². The number of methoxy groups -OCH3 is 1. The molecule has 1 N–H and O–H groups in total. The summed E-state index contributed by atoms with van der Waals surface area (Å²) < 4.78 is 43.1. The number of benzene rings is 1. The van der Waals surface area contributed by atoms with Crippen molar-refractivity contribution < 1.29 is 32.5 Å². The van der Waals surface area contributed by atoms with Gasteiger partial charge in [0.1, 0.15) is 0 Å². The lowest BCUT2D eigenvalue weighted by atomic mass is 9.79. The lowest BCUT2D eigenvalue weighted by Gasteiger charge is -2.50. The van der Waals surface area contributed by atoms with E-state index in [0.717, 1.165) is 39.3 Å². The zero-order valence-electron chi connectivity index (χ0n) is 16.5. The molecule has 0 aliphatic carbocycles. The van der Waals surface area contributed by atoms with Crippen LogP contribution in [0.15, 0.2) is 18.2 Å². The Kier molecular flexibility index (Phi) is 7.47. The van der Waals surface area contributed by atoms with E-state index in [0.29, 0.717) is 5.92 Å². The second kappa shape index (κ2) is 9.24. The largest absolute Gasteiger partial charge is 0.490 e. The summed E-state index contributed by atoms with van der Waals surface area (Å²) in [6.45, 7) is 9.36. The quantitative estimate of drug-likeness (QED) is 0.815. The molecule has 0 bridgehead atoms. The Hall–Kier alpha value is -1.64. The van der Waals surface area contributed by atoms with E-state index in [4.69, 9.17) is 19.4 Å². The maximum absolute atomic E-state index is 10.6. The Morgan fingerprint density at radius 1 is 1.36 bits per heavy atom. The molecule has 1 atom stereocenters. The van der Waals surface area contributed by atoms with Gasteiger partial charge in [-0.2, -0.15) is 13.2 Å². The van der Waals surface area contributed by atoms with E-state index in [-0.39, 0.29) is 5.60 Å². The first kappa shape index (κ1) is 22.6. The Morgan fingerprint density at radius 3 is 2.57 bits per heavy atom. The molecule has 2 saturated heterocycles. The molecule has 1 aromatic rings. The van der Waals surface area contributed by atoms with E-state index >= 15 is 0 Å². The van der Waals surface area contributed by atoms with E-state index in [1.54, 1.807) is 7.11 Å². The van der Waals surface area contributed by atoms with Gasteiger partial charge in [0.05, 0.1) is 5.60 Å². The normalized spacial score (nSPS) is 21.1. The van der Waals surface area contributed by atoms with Crippen LogP contribution in [0.1, 0.15) is 29.5 Å². The average Bonchev–Trinajstić information content (AvgIpc) is 2.99. The first-order valence-electron chi connectivity index (χ1n) is 9.29. The minimum Gasteiger partial charge on any atom is -0.475 e. The van der Waals surface area contributed by atoms with E-state index in [9.17, 15) is 13.2 Å². The van der Waals surface area contributed by atoms with Gasteiger partial charge in [0, 0.05) is 40.0 Å². The van der Waals surface area contributed by atoms with Gasteiger partial charge in [-0.05, 0) is 43.7 Å². The van der Waals surface area contributed by atoms with Crippen molar-refractivity contribution in [2.45, 2.75) is 45.0 Å². The van der Waals surface area contributed by atoms with Crippen LogP contribution in [0.2, 0.25) is 0 Å². The number of aliphatic carboxylic acids is 1. The first-order chi connectivity index (χ1) is 13.1. The van der Waals surface area contributed by atoms with Crippen LogP contribution in [0.5, 0.6) is 0 Å². The van der Waals surface area contributed by atoms with Gasteiger partial charge in [0.2, 0.25) is 0 Å². The highest BCUT2D eigenvalue weighted by atomic mass is 19.4. The molecule has 0 radical (unpaired) electrons. The third-order valence-corrected chi connectivity index (χ3v) is 5.39.